The number of nitrogens with zero attached hydrogens (tertiary/aromatic N) is 5. The molecule has 0 N–H and O–H groups in total. The molecule has 4 aromatic rings. The number of methoxy groups -OCH3 is 1. The zero-order valence-electron chi connectivity index (χ0n) is 14.6. The van der Waals surface area contributed by atoms with Crippen LogP contribution in [-0.2, 0) is 6.54 Å². The van der Waals surface area contributed by atoms with E-state index in [1.165, 1.54) is 29.1 Å². The van der Waals surface area contributed by atoms with Crippen molar-refractivity contribution in [1.29, 1.82) is 0 Å². The second kappa shape index (κ2) is 6.91. The molecule has 0 aliphatic carbocycles. The lowest BCUT2D eigenvalue weighted by Gasteiger charge is -2.03. The summed E-state index contributed by atoms with van der Waals surface area (Å²) in [6.07, 6.45) is 1.30. The summed E-state index contributed by atoms with van der Waals surface area (Å²) in [5, 5.41) is 15.0. The summed E-state index contributed by atoms with van der Waals surface area (Å²) in [6, 6.07) is 11.1. The van der Waals surface area contributed by atoms with Crippen LogP contribution in [-0.4, -0.2) is 31.7 Å². The van der Waals surface area contributed by atoms with E-state index in [0.29, 0.717) is 17.1 Å². The van der Waals surface area contributed by atoms with Crippen LogP contribution < -0.4 is 10.3 Å². The van der Waals surface area contributed by atoms with Crippen LogP contribution in [0.3, 0.4) is 0 Å². The number of aromatic nitrogens is 4. The maximum atomic E-state index is 12.6. The largest absolute Gasteiger partial charge is 0.497 e. The zero-order valence-corrected chi connectivity index (χ0v) is 14.6. The van der Waals surface area contributed by atoms with Crippen molar-refractivity contribution in [2.75, 3.05) is 7.11 Å². The molecule has 10 nitrogen and oxygen atoms in total. The van der Waals surface area contributed by atoms with Gasteiger partial charge in [0, 0.05) is 17.7 Å². The van der Waals surface area contributed by atoms with Crippen molar-refractivity contribution >= 4 is 16.6 Å². The first-order chi connectivity index (χ1) is 13.5. The number of ether oxygens (including phenoxy) is 1. The van der Waals surface area contributed by atoms with Gasteiger partial charge in [0.15, 0.2) is 0 Å². The van der Waals surface area contributed by atoms with Gasteiger partial charge < -0.3 is 9.26 Å². The third-order valence-corrected chi connectivity index (χ3v) is 4.12. The predicted octanol–water partition coefficient (Wildman–Crippen LogP) is 2.41. The normalized spacial score (nSPS) is 10.9. The molecule has 2 aromatic carbocycles. The molecule has 0 amide bonds. The summed E-state index contributed by atoms with van der Waals surface area (Å²) in [4.78, 5) is 31.4. The Morgan fingerprint density at radius 3 is 2.89 bits per heavy atom. The van der Waals surface area contributed by atoms with Crippen molar-refractivity contribution < 1.29 is 14.2 Å². The highest BCUT2D eigenvalue weighted by Crippen LogP contribution is 2.21. The van der Waals surface area contributed by atoms with Crippen LogP contribution in [0.2, 0.25) is 0 Å². The summed E-state index contributed by atoms with van der Waals surface area (Å²) in [5.41, 5.74) is 0.474. The van der Waals surface area contributed by atoms with Gasteiger partial charge in [0.1, 0.15) is 12.3 Å². The summed E-state index contributed by atoms with van der Waals surface area (Å²) in [6.45, 7) is 0.0235. The SMILES string of the molecule is COc1cccc(-c2noc(Cn3cnc4cc([N+](=O)[O-])ccc4c3=O)n2)c1. The van der Waals surface area contributed by atoms with E-state index in [0.717, 1.165) is 0 Å². The molecular weight excluding hydrogens is 366 g/mol. The van der Waals surface area contributed by atoms with Crippen molar-refractivity contribution in [3.8, 4) is 17.1 Å². The average molecular weight is 379 g/mol. The van der Waals surface area contributed by atoms with E-state index in [1.54, 1.807) is 25.3 Å². The van der Waals surface area contributed by atoms with Crippen LogP contribution in [0.5, 0.6) is 5.75 Å². The molecular formula is C18H13N5O5. The first-order valence-corrected chi connectivity index (χ1v) is 8.16. The maximum absolute atomic E-state index is 12.6. The molecule has 2 aromatic heterocycles. The summed E-state index contributed by atoms with van der Waals surface area (Å²) < 4.78 is 11.7. The number of nitro benzene ring substituents is 1. The van der Waals surface area contributed by atoms with Gasteiger partial charge in [-0.2, -0.15) is 4.98 Å². The Morgan fingerprint density at radius 2 is 2.11 bits per heavy atom. The highest BCUT2D eigenvalue weighted by atomic mass is 16.6. The van der Waals surface area contributed by atoms with Crippen molar-refractivity contribution in [3.05, 3.63) is 75.2 Å². The van der Waals surface area contributed by atoms with Crippen molar-refractivity contribution in [2.24, 2.45) is 0 Å². The Balaban J connectivity index is 1.64. The van der Waals surface area contributed by atoms with Gasteiger partial charge in [0.05, 0.1) is 29.3 Å². The number of benzene rings is 2. The quantitative estimate of drug-likeness (QED) is 0.382. The smallest absolute Gasteiger partial charge is 0.271 e. The average Bonchev–Trinajstić information content (AvgIpc) is 3.18. The number of hydrogen-bond donors (Lipinski definition) is 0. The number of hydrogen-bond acceptors (Lipinski definition) is 8. The third kappa shape index (κ3) is 3.18. The summed E-state index contributed by atoms with van der Waals surface area (Å²) in [5.74, 6) is 1.25. The Kier molecular flexibility index (Phi) is 4.28. The van der Waals surface area contributed by atoms with Crippen LogP contribution in [0.1, 0.15) is 5.89 Å². The van der Waals surface area contributed by atoms with E-state index < -0.39 is 4.92 Å². The summed E-state index contributed by atoms with van der Waals surface area (Å²) in [7, 11) is 1.56. The monoisotopic (exact) mass is 379 g/mol. The van der Waals surface area contributed by atoms with Gasteiger partial charge >= 0.3 is 0 Å². The zero-order chi connectivity index (χ0) is 19.7. The molecule has 28 heavy (non-hydrogen) atoms. The van der Waals surface area contributed by atoms with Gasteiger partial charge in [0.2, 0.25) is 11.7 Å². The van der Waals surface area contributed by atoms with Gasteiger partial charge in [-0.3, -0.25) is 19.5 Å². The molecule has 4 rings (SSSR count). The standard InChI is InChI=1S/C18H13N5O5/c1-27-13-4-2-3-11(7-13)17-20-16(28-21-17)9-22-10-19-15-8-12(23(25)26)5-6-14(15)18(22)24/h2-8,10H,9H2,1H3. The van der Waals surface area contributed by atoms with Crippen molar-refractivity contribution in [2.45, 2.75) is 6.54 Å². The number of non-ortho nitro benzene ring substituents is 1. The molecule has 0 saturated carbocycles. The highest BCUT2D eigenvalue weighted by Gasteiger charge is 2.14. The van der Waals surface area contributed by atoms with Crippen LogP contribution in [0.25, 0.3) is 22.3 Å². The van der Waals surface area contributed by atoms with E-state index in [1.807, 2.05) is 6.07 Å². The van der Waals surface area contributed by atoms with Crippen LogP contribution in [0, 0.1) is 10.1 Å². The number of fused-ring (bicyclic) bond motifs is 1. The first-order valence-electron chi connectivity index (χ1n) is 8.16. The molecule has 0 aliphatic heterocycles. The topological polar surface area (TPSA) is 126 Å². The van der Waals surface area contributed by atoms with Gasteiger partial charge in [-0.1, -0.05) is 17.3 Å². The second-order valence-corrected chi connectivity index (χ2v) is 5.88. The second-order valence-electron chi connectivity index (χ2n) is 5.88. The molecule has 10 heteroatoms. The van der Waals surface area contributed by atoms with Gasteiger partial charge in [0.25, 0.3) is 11.2 Å². The predicted molar refractivity (Wildman–Crippen MR) is 98.0 cm³/mol. The van der Waals surface area contributed by atoms with Gasteiger partial charge in [-0.05, 0) is 18.2 Å². The Morgan fingerprint density at radius 1 is 1.25 bits per heavy atom. The molecule has 0 radical (unpaired) electrons. The third-order valence-electron chi connectivity index (χ3n) is 4.12. The number of nitro groups is 1. The van der Waals surface area contributed by atoms with Crippen LogP contribution in [0.15, 0.2) is 58.1 Å². The van der Waals surface area contributed by atoms with Crippen LogP contribution >= 0.6 is 0 Å². The van der Waals surface area contributed by atoms with E-state index in [2.05, 4.69) is 15.1 Å². The lowest BCUT2D eigenvalue weighted by atomic mass is 10.2. The molecule has 140 valence electrons. The van der Waals surface area contributed by atoms with Crippen molar-refractivity contribution in [3.63, 3.8) is 0 Å². The fourth-order valence-electron chi connectivity index (χ4n) is 2.72. The van der Waals surface area contributed by atoms with Gasteiger partial charge in [-0.25, -0.2) is 4.98 Å². The minimum Gasteiger partial charge on any atom is -0.497 e. The highest BCUT2D eigenvalue weighted by molar-refractivity contribution is 5.79. The van der Waals surface area contributed by atoms with Crippen molar-refractivity contribution in [1.82, 2.24) is 19.7 Å². The molecule has 2 heterocycles. The summed E-state index contributed by atoms with van der Waals surface area (Å²) >= 11 is 0. The molecule has 0 atom stereocenters. The Hall–Kier alpha value is -4.08. The Labute approximate surface area is 157 Å². The van der Waals surface area contributed by atoms with E-state index in [4.69, 9.17) is 9.26 Å². The van der Waals surface area contributed by atoms with Gasteiger partial charge in [-0.15, -0.1) is 0 Å². The number of rotatable bonds is 5. The molecule has 0 bridgehead atoms. The lowest BCUT2D eigenvalue weighted by Crippen LogP contribution is -2.21. The van der Waals surface area contributed by atoms with E-state index in [9.17, 15) is 14.9 Å². The van der Waals surface area contributed by atoms with Crippen LogP contribution in [0.4, 0.5) is 5.69 Å². The molecule has 0 saturated heterocycles. The van der Waals surface area contributed by atoms with E-state index in [-0.39, 0.29) is 34.6 Å². The van der Waals surface area contributed by atoms with E-state index >= 15 is 0 Å². The molecule has 0 unspecified atom stereocenters. The lowest BCUT2D eigenvalue weighted by molar-refractivity contribution is -0.384. The Bertz CT molecular complexity index is 1250. The molecule has 0 fully saturated rings. The fourth-order valence-corrected chi connectivity index (χ4v) is 2.72. The minimum absolute atomic E-state index is 0.0235. The molecule has 0 spiro atoms. The first kappa shape index (κ1) is 17.3. The maximum Gasteiger partial charge on any atom is 0.271 e. The minimum atomic E-state index is -0.537. The molecule has 0 aliphatic rings. The fraction of sp³-hybridized carbons (Fsp3) is 0.111.